The first kappa shape index (κ1) is 24.5. The first-order valence-corrected chi connectivity index (χ1v) is 12.4. The lowest BCUT2D eigenvalue weighted by Crippen LogP contribution is -2.48. The molecule has 1 saturated heterocycles. The Labute approximate surface area is 202 Å². The topological polar surface area (TPSA) is 136 Å². The van der Waals surface area contributed by atoms with Gasteiger partial charge in [0.05, 0.1) is 22.0 Å². The molecule has 35 heavy (non-hydrogen) atoms. The summed E-state index contributed by atoms with van der Waals surface area (Å²) >= 11 is 0. The molecule has 0 radical (unpaired) electrons. The molecule has 1 heterocycles. The normalized spacial score (nSPS) is 21.0. The maximum atomic E-state index is 13.0. The molecule has 0 aromatic heterocycles. The molecule has 3 aromatic carbocycles. The largest absolute Gasteiger partial charge is 0.480 e. The van der Waals surface area contributed by atoms with E-state index < -0.39 is 45.1 Å². The average Bonchev–Trinajstić information content (AvgIpc) is 3.25. The zero-order valence-corrected chi connectivity index (χ0v) is 19.4. The second-order valence-electron chi connectivity index (χ2n) is 8.34. The summed E-state index contributed by atoms with van der Waals surface area (Å²) < 4.78 is 34.5. The minimum absolute atomic E-state index is 0.265. The van der Waals surface area contributed by atoms with Crippen LogP contribution >= 0.6 is 0 Å². The number of nitrogens with one attached hydrogen (secondary N) is 1. The Morgan fingerprint density at radius 2 is 1.86 bits per heavy atom. The van der Waals surface area contributed by atoms with Crippen LogP contribution in [-0.4, -0.2) is 36.6 Å². The van der Waals surface area contributed by atoms with Gasteiger partial charge in [0.15, 0.2) is 0 Å². The van der Waals surface area contributed by atoms with E-state index in [-0.39, 0.29) is 17.0 Å². The third-order valence-corrected chi connectivity index (χ3v) is 7.66. The molecule has 1 fully saturated rings. The van der Waals surface area contributed by atoms with Gasteiger partial charge in [-0.25, -0.2) is 8.42 Å². The third kappa shape index (κ3) is 5.09. The van der Waals surface area contributed by atoms with Crippen molar-refractivity contribution in [2.45, 2.75) is 36.0 Å². The standard InChI is InChI=1S/C25H24N2O7S/c1-2-6-22-21(15-23(34-22)20-10-5-8-16-7-3-4-9-19(16)20)24(25(28)29)26-35(32,33)18-13-11-17(12-14-18)27(30)31/h2-5,7-14,21-24,26H,1,6,15H2,(H,28,29)/t21?,22-,23?,24?/m0/s1. The van der Waals surface area contributed by atoms with E-state index in [2.05, 4.69) is 11.3 Å². The van der Waals surface area contributed by atoms with Crippen molar-refractivity contribution in [3.8, 4) is 0 Å². The molecule has 1 aliphatic heterocycles. The van der Waals surface area contributed by atoms with Crippen molar-refractivity contribution < 1.29 is 28.0 Å². The van der Waals surface area contributed by atoms with Gasteiger partial charge in [-0.2, -0.15) is 4.72 Å². The highest BCUT2D eigenvalue weighted by atomic mass is 32.2. The first-order valence-electron chi connectivity index (χ1n) is 10.9. The van der Waals surface area contributed by atoms with Crippen LogP contribution < -0.4 is 4.72 Å². The number of nitrogens with zero attached hydrogens (tertiary/aromatic N) is 1. The highest BCUT2D eigenvalue weighted by Crippen LogP contribution is 2.42. The number of non-ortho nitro benzene ring substituents is 1. The summed E-state index contributed by atoms with van der Waals surface area (Å²) in [5.41, 5.74) is 0.633. The fourth-order valence-electron chi connectivity index (χ4n) is 4.55. The summed E-state index contributed by atoms with van der Waals surface area (Å²) in [7, 11) is -4.27. The summed E-state index contributed by atoms with van der Waals surface area (Å²) in [5.74, 6) is -2.01. The molecular weight excluding hydrogens is 472 g/mol. The molecule has 3 unspecified atom stereocenters. The van der Waals surface area contributed by atoms with E-state index in [1.807, 2.05) is 42.5 Å². The highest BCUT2D eigenvalue weighted by molar-refractivity contribution is 7.89. The molecule has 10 heteroatoms. The van der Waals surface area contributed by atoms with Crippen LogP contribution in [0.1, 0.15) is 24.5 Å². The van der Waals surface area contributed by atoms with Crippen molar-refractivity contribution in [3.63, 3.8) is 0 Å². The summed E-state index contributed by atoms with van der Waals surface area (Å²) in [6, 6.07) is 16.4. The maximum absolute atomic E-state index is 13.0. The van der Waals surface area contributed by atoms with Crippen LogP contribution in [0.3, 0.4) is 0 Å². The van der Waals surface area contributed by atoms with E-state index in [1.165, 1.54) is 0 Å². The number of rotatable bonds is 9. The number of fused-ring (bicyclic) bond motifs is 1. The van der Waals surface area contributed by atoms with Crippen LogP contribution in [0, 0.1) is 16.0 Å². The van der Waals surface area contributed by atoms with Gasteiger partial charge in [0, 0.05) is 18.1 Å². The van der Waals surface area contributed by atoms with Gasteiger partial charge in [-0.1, -0.05) is 48.5 Å². The number of carbonyl (C=O) groups is 1. The second-order valence-corrected chi connectivity index (χ2v) is 10.1. The lowest BCUT2D eigenvalue weighted by Gasteiger charge is -2.24. The zero-order chi connectivity index (χ0) is 25.2. The van der Waals surface area contributed by atoms with Crippen molar-refractivity contribution >= 4 is 32.5 Å². The number of benzene rings is 3. The van der Waals surface area contributed by atoms with Gasteiger partial charge in [0.25, 0.3) is 5.69 Å². The van der Waals surface area contributed by atoms with Crippen molar-refractivity contribution in [3.05, 3.63) is 95.1 Å². The van der Waals surface area contributed by atoms with E-state index in [1.54, 1.807) is 6.08 Å². The lowest BCUT2D eigenvalue weighted by molar-refractivity contribution is -0.384. The molecule has 3 aromatic rings. The molecular formula is C25H24N2O7S. The number of aliphatic carboxylic acids is 1. The summed E-state index contributed by atoms with van der Waals surface area (Å²) in [4.78, 5) is 22.2. The fraction of sp³-hybridized carbons (Fsp3) is 0.240. The Morgan fingerprint density at radius 1 is 1.17 bits per heavy atom. The molecule has 0 amide bonds. The van der Waals surface area contributed by atoms with Gasteiger partial charge in [-0.05, 0) is 41.3 Å². The zero-order valence-electron chi connectivity index (χ0n) is 18.6. The van der Waals surface area contributed by atoms with E-state index in [4.69, 9.17) is 4.74 Å². The van der Waals surface area contributed by atoms with Gasteiger partial charge >= 0.3 is 5.97 Å². The van der Waals surface area contributed by atoms with Gasteiger partial charge in [0.2, 0.25) is 10.0 Å². The minimum atomic E-state index is -4.27. The number of nitro groups is 1. The fourth-order valence-corrected chi connectivity index (χ4v) is 5.79. The first-order chi connectivity index (χ1) is 16.7. The van der Waals surface area contributed by atoms with Crippen LogP contribution in [0.4, 0.5) is 5.69 Å². The third-order valence-electron chi connectivity index (χ3n) is 6.21. The number of nitro benzene ring substituents is 1. The SMILES string of the molecule is C=CC[C@@H]1OC(c2cccc3ccccc23)CC1C(NS(=O)(=O)c1ccc([N+](=O)[O-])cc1)C(=O)O. The Hall–Kier alpha value is -3.60. The molecule has 0 aliphatic carbocycles. The number of ether oxygens (including phenoxy) is 1. The summed E-state index contributed by atoms with van der Waals surface area (Å²) in [5, 5.41) is 22.9. The predicted octanol–water partition coefficient (Wildman–Crippen LogP) is 4.20. The lowest BCUT2D eigenvalue weighted by atomic mass is 9.88. The van der Waals surface area contributed by atoms with E-state index >= 15 is 0 Å². The van der Waals surface area contributed by atoms with E-state index in [9.17, 15) is 28.4 Å². The van der Waals surface area contributed by atoms with Crippen molar-refractivity contribution in [2.75, 3.05) is 0 Å². The van der Waals surface area contributed by atoms with Crippen LogP contribution in [0.25, 0.3) is 10.8 Å². The van der Waals surface area contributed by atoms with Crippen molar-refractivity contribution in [1.29, 1.82) is 0 Å². The smallest absolute Gasteiger partial charge is 0.322 e. The molecule has 4 rings (SSSR count). The number of sulfonamides is 1. The number of hydrogen-bond acceptors (Lipinski definition) is 6. The molecule has 1 aliphatic rings. The Morgan fingerprint density at radius 3 is 2.51 bits per heavy atom. The van der Waals surface area contributed by atoms with Crippen LogP contribution in [0.2, 0.25) is 0 Å². The Bertz CT molecular complexity index is 1370. The molecule has 0 spiro atoms. The minimum Gasteiger partial charge on any atom is -0.480 e. The molecule has 0 bridgehead atoms. The van der Waals surface area contributed by atoms with Crippen LogP contribution in [0.15, 0.2) is 84.3 Å². The van der Waals surface area contributed by atoms with Crippen LogP contribution in [-0.2, 0) is 19.6 Å². The highest BCUT2D eigenvalue weighted by Gasteiger charge is 2.44. The maximum Gasteiger partial charge on any atom is 0.322 e. The van der Waals surface area contributed by atoms with Crippen molar-refractivity contribution in [2.24, 2.45) is 5.92 Å². The molecule has 182 valence electrons. The van der Waals surface area contributed by atoms with Gasteiger partial charge in [-0.15, -0.1) is 6.58 Å². The molecule has 2 N–H and O–H groups in total. The molecule has 9 nitrogen and oxygen atoms in total. The predicted molar refractivity (Wildman–Crippen MR) is 129 cm³/mol. The summed E-state index contributed by atoms with van der Waals surface area (Å²) in [6.07, 6.45) is 1.24. The number of carboxylic acids is 1. The molecule has 4 atom stereocenters. The van der Waals surface area contributed by atoms with Gasteiger partial charge < -0.3 is 9.84 Å². The van der Waals surface area contributed by atoms with E-state index in [0.29, 0.717) is 6.42 Å². The number of hydrogen-bond donors (Lipinski definition) is 2. The average molecular weight is 497 g/mol. The van der Waals surface area contributed by atoms with Crippen LogP contribution in [0.5, 0.6) is 0 Å². The van der Waals surface area contributed by atoms with Gasteiger partial charge in [0.1, 0.15) is 6.04 Å². The second kappa shape index (κ2) is 9.95. The quantitative estimate of drug-likeness (QED) is 0.257. The Balaban J connectivity index is 1.64. The van der Waals surface area contributed by atoms with Crippen molar-refractivity contribution in [1.82, 2.24) is 4.72 Å². The van der Waals surface area contributed by atoms with E-state index in [0.717, 1.165) is 40.6 Å². The molecule has 0 saturated carbocycles. The van der Waals surface area contributed by atoms with Gasteiger partial charge in [-0.3, -0.25) is 14.9 Å². The summed E-state index contributed by atoms with van der Waals surface area (Å²) in [6.45, 7) is 3.73. The monoisotopic (exact) mass is 496 g/mol. The Kier molecular flexibility index (Phi) is 6.97. The number of carboxylic acid groups (broad SMARTS) is 1.